The molecule has 4 heteroatoms. The Morgan fingerprint density at radius 3 is 2.38 bits per heavy atom. The molecule has 1 amide bonds. The standard InChI is InChI=1S/C9H12N2OS/c1-7(12)11-8-3-5-9(6-4-8)13-10-2/h3-6,10H,1-2H3,(H,11,12). The third-order valence-electron chi connectivity index (χ3n) is 1.39. The average molecular weight is 196 g/mol. The summed E-state index contributed by atoms with van der Waals surface area (Å²) in [5, 5.41) is 2.71. The summed E-state index contributed by atoms with van der Waals surface area (Å²) in [5.41, 5.74) is 0.827. The van der Waals surface area contributed by atoms with Crippen molar-refractivity contribution < 1.29 is 4.79 Å². The highest BCUT2D eigenvalue weighted by Crippen LogP contribution is 2.16. The van der Waals surface area contributed by atoms with Gasteiger partial charge in [-0.05, 0) is 43.3 Å². The largest absolute Gasteiger partial charge is 0.326 e. The van der Waals surface area contributed by atoms with E-state index in [4.69, 9.17) is 0 Å². The van der Waals surface area contributed by atoms with Gasteiger partial charge < -0.3 is 5.32 Å². The maximum absolute atomic E-state index is 10.7. The minimum atomic E-state index is -0.0472. The normalized spacial score (nSPS) is 9.69. The third kappa shape index (κ3) is 3.48. The molecule has 1 aromatic carbocycles. The highest BCUT2D eigenvalue weighted by atomic mass is 32.2. The van der Waals surface area contributed by atoms with Crippen LogP contribution in [-0.2, 0) is 4.79 Å². The fourth-order valence-electron chi connectivity index (χ4n) is 0.927. The van der Waals surface area contributed by atoms with Crippen molar-refractivity contribution in [2.75, 3.05) is 12.4 Å². The highest BCUT2D eigenvalue weighted by Gasteiger charge is 1.95. The number of anilines is 1. The molecule has 0 saturated heterocycles. The first-order valence-corrected chi connectivity index (χ1v) is 4.75. The molecule has 0 bridgehead atoms. The maximum Gasteiger partial charge on any atom is 0.221 e. The van der Waals surface area contributed by atoms with Gasteiger partial charge in [-0.2, -0.15) is 0 Å². The molecule has 0 fully saturated rings. The van der Waals surface area contributed by atoms with Crippen LogP contribution in [-0.4, -0.2) is 13.0 Å². The molecule has 0 radical (unpaired) electrons. The van der Waals surface area contributed by atoms with Crippen LogP contribution in [0.15, 0.2) is 29.2 Å². The third-order valence-corrected chi connectivity index (χ3v) is 2.11. The second-order valence-corrected chi connectivity index (χ2v) is 3.60. The summed E-state index contributed by atoms with van der Waals surface area (Å²) in [7, 11) is 1.87. The Morgan fingerprint density at radius 1 is 1.31 bits per heavy atom. The number of hydrogen-bond donors (Lipinski definition) is 2. The number of carbonyl (C=O) groups excluding carboxylic acids is 1. The Labute approximate surface area is 82.0 Å². The summed E-state index contributed by atoms with van der Waals surface area (Å²) in [4.78, 5) is 11.8. The molecule has 0 aliphatic heterocycles. The molecule has 0 aliphatic rings. The lowest BCUT2D eigenvalue weighted by Gasteiger charge is -2.02. The Bertz CT molecular complexity index is 284. The SMILES string of the molecule is CNSc1ccc(NC(C)=O)cc1. The first kappa shape index (κ1) is 10.1. The Hall–Kier alpha value is -1.00. The molecule has 1 aromatic rings. The molecular weight excluding hydrogens is 184 g/mol. The zero-order chi connectivity index (χ0) is 9.68. The van der Waals surface area contributed by atoms with Gasteiger partial charge in [0.05, 0.1) is 0 Å². The van der Waals surface area contributed by atoms with Crippen molar-refractivity contribution in [3.63, 3.8) is 0 Å². The molecule has 1 rings (SSSR count). The lowest BCUT2D eigenvalue weighted by Crippen LogP contribution is -2.05. The summed E-state index contributed by atoms with van der Waals surface area (Å²) < 4.78 is 2.97. The van der Waals surface area contributed by atoms with E-state index in [2.05, 4.69) is 10.0 Å². The van der Waals surface area contributed by atoms with E-state index in [9.17, 15) is 4.79 Å². The molecule has 2 N–H and O–H groups in total. The number of carbonyl (C=O) groups is 1. The van der Waals surface area contributed by atoms with Crippen LogP contribution in [0.25, 0.3) is 0 Å². The summed E-state index contributed by atoms with van der Waals surface area (Å²) in [5.74, 6) is -0.0472. The first-order chi connectivity index (χ1) is 6.22. The zero-order valence-electron chi connectivity index (χ0n) is 7.63. The van der Waals surface area contributed by atoms with Crippen molar-refractivity contribution in [2.45, 2.75) is 11.8 Å². The van der Waals surface area contributed by atoms with E-state index in [-0.39, 0.29) is 5.91 Å². The van der Waals surface area contributed by atoms with E-state index in [1.54, 1.807) is 11.9 Å². The van der Waals surface area contributed by atoms with E-state index < -0.39 is 0 Å². The second-order valence-electron chi connectivity index (χ2n) is 2.51. The van der Waals surface area contributed by atoms with Gasteiger partial charge in [0.1, 0.15) is 0 Å². The van der Waals surface area contributed by atoms with Crippen LogP contribution in [0.5, 0.6) is 0 Å². The Kier molecular flexibility index (Phi) is 3.79. The van der Waals surface area contributed by atoms with Crippen molar-refractivity contribution in [3.8, 4) is 0 Å². The van der Waals surface area contributed by atoms with Crippen LogP contribution in [0.3, 0.4) is 0 Å². The van der Waals surface area contributed by atoms with Crippen LogP contribution in [0, 0.1) is 0 Å². The van der Waals surface area contributed by atoms with Crippen LogP contribution in [0.2, 0.25) is 0 Å². The predicted octanol–water partition coefficient (Wildman–Crippen LogP) is 1.87. The van der Waals surface area contributed by atoms with Crippen molar-refractivity contribution >= 4 is 23.5 Å². The molecule has 13 heavy (non-hydrogen) atoms. The number of hydrogen-bond acceptors (Lipinski definition) is 3. The lowest BCUT2D eigenvalue weighted by atomic mass is 10.3. The molecule has 0 saturated carbocycles. The molecule has 0 heterocycles. The number of benzene rings is 1. The van der Waals surface area contributed by atoms with E-state index in [1.807, 2.05) is 31.3 Å². The van der Waals surface area contributed by atoms with Crippen LogP contribution >= 0.6 is 11.9 Å². The van der Waals surface area contributed by atoms with Gasteiger partial charge in [0.25, 0.3) is 0 Å². The number of rotatable bonds is 3. The van der Waals surface area contributed by atoms with Crippen LogP contribution < -0.4 is 10.0 Å². The lowest BCUT2D eigenvalue weighted by molar-refractivity contribution is -0.114. The Balaban J connectivity index is 2.64. The number of nitrogens with one attached hydrogen (secondary N) is 2. The first-order valence-electron chi connectivity index (χ1n) is 3.93. The Morgan fingerprint density at radius 2 is 1.92 bits per heavy atom. The molecular formula is C9H12N2OS. The fourth-order valence-corrected chi connectivity index (χ4v) is 1.44. The molecule has 0 aliphatic carbocycles. The molecule has 0 spiro atoms. The van der Waals surface area contributed by atoms with Gasteiger partial charge in [0.15, 0.2) is 0 Å². The van der Waals surface area contributed by atoms with E-state index >= 15 is 0 Å². The smallest absolute Gasteiger partial charge is 0.221 e. The highest BCUT2D eigenvalue weighted by molar-refractivity contribution is 7.97. The topological polar surface area (TPSA) is 41.1 Å². The quantitative estimate of drug-likeness (QED) is 0.725. The average Bonchev–Trinajstić information content (AvgIpc) is 2.08. The van der Waals surface area contributed by atoms with Gasteiger partial charge in [-0.15, -0.1) is 0 Å². The molecule has 3 nitrogen and oxygen atoms in total. The van der Waals surface area contributed by atoms with Gasteiger partial charge in [0, 0.05) is 17.5 Å². The number of amides is 1. The summed E-state index contributed by atoms with van der Waals surface area (Å²) in [6, 6.07) is 7.65. The van der Waals surface area contributed by atoms with Gasteiger partial charge >= 0.3 is 0 Å². The van der Waals surface area contributed by atoms with E-state index in [0.717, 1.165) is 10.6 Å². The van der Waals surface area contributed by atoms with Gasteiger partial charge in [-0.3, -0.25) is 9.52 Å². The van der Waals surface area contributed by atoms with Gasteiger partial charge in [-0.25, -0.2) is 0 Å². The van der Waals surface area contributed by atoms with E-state index in [0.29, 0.717) is 0 Å². The van der Waals surface area contributed by atoms with Crippen LogP contribution in [0.4, 0.5) is 5.69 Å². The maximum atomic E-state index is 10.7. The van der Waals surface area contributed by atoms with Crippen LogP contribution in [0.1, 0.15) is 6.92 Å². The van der Waals surface area contributed by atoms with Gasteiger partial charge in [-0.1, -0.05) is 0 Å². The van der Waals surface area contributed by atoms with Crippen molar-refractivity contribution in [1.82, 2.24) is 4.72 Å². The fraction of sp³-hybridized carbons (Fsp3) is 0.222. The molecule has 0 unspecified atom stereocenters. The summed E-state index contributed by atoms with van der Waals surface area (Å²) in [6.45, 7) is 1.50. The van der Waals surface area contributed by atoms with Gasteiger partial charge in [0.2, 0.25) is 5.91 Å². The molecule has 0 aromatic heterocycles. The molecule has 70 valence electrons. The minimum Gasteiger partial charge on any atom is -0.326 e. The van der Waals surface area contributed by atoms with Crippen molar-refractivity contribution in [1.29, 1.82) is 0 Å². The zero-order valence-corrected chi connectivity index (χ0v) is 8.44. The monoisotopic (exact) mass is 196 g/mol. The van der Waals surface area contributed by atoms with Crippen molar-refractivity contribution in [2.24, 2.45) is 0 Å². The predicted molar refractivity (Wildman–Crippen MR) is 55.7 cm³/mol. The minimum absolute atomic E-state index is 0.0472. The van der Waals surface area contributed by atoms with Crippen molar-refractivity contribution in [3.05, 3.63) is 24.3 Å². The summed E-state index contributed by atoms with van der Waals surface area (Å²) >= 11 is 1.54. The summed E-state index contributed by atoms with van der Waals surface area (Å²) in [6.07, 6.45) is 0. The van der Waals surface area contributed by atoms with E-state index in [1.165, 1.54) is 6.92 Å². The second kappa shape index (κ2) is 4.89. The molecule has 0 atom stereocenters.